The number of methoxy groups -OCH3 is 2. The molecule has 0 amide bonds. The monoisotopic (exact) mass is 624 g/mol. The van der Waals surface area contributed by atoms with Crippen LogP contribution in [0, 0.1) is 3.57 Å². The molecule has 0 aliphatic carbocycles. The molecule has 0 radical (unpaired) electrons. The minimum absolute atomic E-state index is 0.484. The number of carbonyl (C=O) groups excluding carboxylic acids is 1. The number of nitrogens with zero attached hydrogens (tertiary/aromatic N) is 1. The zero-order chi connectivity index (χ0) is 25.6. The number of rotatable bonds is 11. The van der Waals surface area contributed by atoms with Crippen LogP contribution in [0.25, 0.3) is 0 Å². The van der Waals surface area contributed by atoms with Crippen LogP contribution in [-0.2, 0) is 4.79 Å². The molecule has 6 nitrogen and oxygen atoms in total. The number of benzene rings is 3. The second-order valence-corrected chi connectivity index (χ2v) is 10.4. The zero-order valence-electron chi connectivity index (χ0n) is 19.9. The lowest BCUT2D eigenvalue weighted by molar-refractivity contribution is -0.113. The lowest BCUT2D eigenvalue weighted by atomic mass is 10.1. The Hall–Kier alpha value is -2.21. The van der Waals surface area contributed by atoms with Crippen molar-refractivity contribution in [2.24, 2.45) is 10.7 Å². The molecule has 0 heterocycles. The van der Waals surface area contributed by atoms with Crippen molar-refractivity contribution in [1.82, 2.24) is 0 Å². The highest BCUT2D eigenvalue weighted by atomic mass is 127. The first-order chi connectivity index (χ1) is 17.0. The van der Waals surface area contributed by atoms with E-state index in [-0.39, 0.29) is 0 Å². The fourth-order valence-corrected chi connectivity index (χ4v) is 4.60. The largest absolute Gasteiger partial charge is 0.493 e. The van der Waals surface area contributed by atoms with E-state index in [2.05, 4.69) is 41.2 Å². The van der Waals surface area contributed by atoms with E-state index in [0.717, 1.165) is 31.8 Å². The van der Waals surface area contributed by atoms with Crippen LogP contribution in [0.1, 0.15) is 18.6 Å². The first-order valence-corrected chi connectivity index (χ1v) is 13.7. The highest BCUT2D eigenvalue weighted by molar-refractivity contribution is 14.1. The van der Waals surface area contributed by atoms with Gasteiger partial charge in [0, 0.05) is 25.3 Å². The number of thioether (sulfide) groups is 2. The maximum Gasteiger partial charge on any atom is 0.179 e. The van der Waals surface area contributed by atoms with Gasteiger partial charge in [0.15, 0.2) is 23.9 Å². The van der Waals surface area contributed by atoms with Gasteiger partial charge in [-0.25, -0.2) is 0 Å². The predicted molar refractivity (Wildman–Crippen MR) is 155 cm³/mol. The van der Waals surface area contributed by atoms with Crippen molar-refractivity contribution in [3.8, 4) is 17.2 Å². The number of hydrogen-bond donors (Lipinski definition) is 1. The molecule has 0 saturated heterocycles. The Bertz CT molecular complexity index is 1080. The molecule has 0 saturated carbocycles. The molecule has 186 valence electrons. The molecule has 3 rings (SSSR count). The summed E-state index contributed by atoms with van der Waals surface area (Å²) in [5.74, 6) is 3.53. The number of hydrogen-bond acceptors (Lipinski definition) is 8. The predicted octanol–water partition coefficient (Wildman–Crippen LogP) is 6.77. The molecule has 3 aromatic carbocycles. The van der Waals surface area contributed by atoms with Gasteiger partial charge in [-0.05, 0) is 83.1 Å². The molecular weight excluding hydrogens is 595 g/mol. The van der Waals surface area contributed by atoms with Crippen molar-refractivity contribution in [2.75, 3.05) is 25.8 Å². The Morgan fingerprint density at radius 1 is 1.03 bits per heavy atom. The van der Waals surface area contributed by atoms with Crippen molar-refractivity contribution in [3.63, 3.8) is 0 Å². The van der Waals surface area contributed by atoms with E-state index < -0.39 is 6.10 Å². The summed E-state index contributed by atoms with van der Waals surface area (Å²) in [6.07, 6.45) is 0.274. The number of aldehydes is 1. The van der Waals surface area contributed by atoms with Crippen molar-refractivity contribution in [3.05, 3.63) is 69.8 Å². The minimum atomic E-state index is -0.560. The second-order valence-electron chi connectivity index (χ2n) is 6.77. The summed E-state index contributed by atoms with van der Waals surface area (Å²) in [5.41, 5.74) is 7.10. The number of halogens is 1. The van der Waals surface area contributed by atoms with E-state index in [4.69, 9.17) is 19.9 Å². The average Bonchev–Trinajstić information content (AvgIpc) is 2.89. The van der Waals surface area contributed by atoms with Gasteiger partial charge < -0.3 is 19.9 Å². The van der Waals surface area contributed by atoms with Crippen LogP contribution in [-0.4, -0.2) is 38.9 Å². The van der Waals surface area contributed by atoms with Crippen LogP contribution in [0.15, 0.2) is 75.4 Å². The average molecular weight is 625 g/mol. The highest BCUT2D eigenvalue weighted by Gasteiger charge is 2.12. The van der Waals surface area contributed by atoms with Gasteiger partial charge in [0.1, 0.15) is 5.75 Å². The van der Waals surface area contributed by atoms with Crippen LogP contribution >= 0.6 is 46.1 Å². The Kier molecular flexibility index (Phi) is 13.0. The number of carbonyl (C=O) groups is 1. The number of aliphatic imine (C=N–C) groups is 1. The fourth-order valence-electron chi connectivity index (χ4n) is 2.93. The summed E-state index contributed by atoms with van der Waals surface area (Å²) in [4.78, 5) is 17.3. The van der Waals surface area contributed by atoms with Gasteiger partial charge in [0.05, 0.1) is 19.9 Å². The van der Waals surface area contributed by atoms with Crippen molar-refractivity contribution in [2.45, 2.75) is 22.8 Å². The summed E-state index contributed by atoms with van der Waals surface area (Å²) in [6, 6.07) is 19.2. The molecule has 2 N–H and O–H groups in total. The normalized spacial score (nSPS) is 11.0. The molecule has 0 aliphatic heterocycles. The lowest BCUT2D eigenvalue weighted by Gasteiger charge is -2.14. The van der Waals surface area contributed by atoms with Crippen LogP contribution < -0.4 is 19.9 Å². The van der Waals surface area contributed by atoms with Crippen molar-refractivity contribution >= 4 is 64.8 Å². The van der Waals surface area contributed by atoms with Crippen LogP contribution in [0.3, 0.4) is 0 Å². The summed E-state index contributed by atoms with van der Waals surface area (Å²) < 4.78 is 17.2. The molecule has 9 heteroatoms. The quantitative estimate of drug-likeness (QED) is 0.0830. The fraction of sp³-hybridized carbons (Fsp3) is 0.231. The topological polar surface area (TPSA) is 83.1 Å². The summed E-state index contributed by atoms with van der Waals surface area (Å²) in [6.45, 7) is 5.62. The molecule has 1 atom stereocenters. The Balaban J connectivity index is 0.000000258. The second kappa shape index (κ2) is 15.7. The van der Waals surface area contributed by atoms with E-state index in [9.17, 15) is 4.79 Å². The molecular formula is C26H29IN2O4S2. The van der Waals surface area contributed by atoms with Crippen molar-refractivity contribution in [1.29, 1.82) is 0 Å². The maximum atomic E-state index is 11.3. The SMILES string of the molecule is C=Nc1cc(OC)c(OC)cc1SCN.CCSc1ccc(C(C=O)Oc2ccc(I)cc2)cc1. The molecule has 0 aromatic heterocycles. The van der Waals surface area contributed by atoms with Crippen LogP contribution in [0.2, 0.25) is 0 Å². The van der Waals surface area contributed by atoms with Crippen LogP contribution in [0.5, 0.6) is 17.2 Å². The molecule has 0 fully saturated rings. The smallest absolute Gasteiger partial charge is 0.179 e. The van der Waals surface area contributed by atoms with E-state index in [0.29, 0.717) is 23.1 Å². The maximum absolute atomic E-state index is 11.3. The van der Waals surface area contributed by atoms with Gasteiger partial charge >= 0.3 is 0 Å². The van der Waals surface area contributed by atoms with E-state index in [1.54, 1.807) is 32.0 Å². The highest BCUT2D eigenvalue weighted by Crippen LogP contribution is 2.39. The van der Waals surface area contributed by atoms with Gasteiger partial charge in [0.25, 0.3) is 0 Å². The first kappa shape index (κ1) is 29.0. The summed E-state index contributed by atoms with van der Waals surface area (Å²) in [7, 11) is 3.18. The Morgan fingerprint density at radius 2 is 1.66 bits per heavy atom. The van der Waals surface area contributed by atoms with Crippen LogP contribution in [0.4, 0.5) is 5.69 Å². The minimum Gasteiger partial charge on any atom is -0.493 e. The molecule has 1 unspecified atom stereocenters. The molecule has 0 bridgehead atoms. The lowest BCUT2D eigenvalue weighted by Crippen LogP contribution is -2.08. The molecule has 35 heavy (non-hydrogen) atoms. The zero-order valence-corrected chi connectivity index (χ0v) is 23.7. The summed E-state index contributed by atoms with van der Waals surface area (Å²) in [5, 5.41) is 0. The number of ether oxygens (including phenoxy) is 3. The third-order valence-corrected chi connectivity index (χ3v) is 7.01. The van der Waals surface area contributed by atoms with Gasteiger partial charge in [-0.1, -0.05) is 19.1 Å². The van der Waals surface area contributed by atoms with E-state index >= 15 is 0 Å². The van der Waals surface area contributed by atoms with Gasteiger partial charge in [-0.15, -0.1) is 23.5 Å². The summed E-state index contributed by atoms with van der Waals surface area (Å²) >= 11 is 5.50. The van der Waals surface area contributed by atoms with Gasteiger partial charge in [0.2, 0.25) is 0 Å². The van der Waals surface area contributed by atoms with Gasteiger partial charge in [-0.2, -0.15) is 0 Å². The standard InChI is InChI=1S/C16H15IO2S.C10H14N2O2S/c1-2-20-15-9-3-12(4-10-15)16(11-18)19-14-7-5-13(17)6-8-14;1-12-7-4-8(13-2)9(14-3)5-10(7)15-6-11/h3-11,16H,2H2,1H3;4-5H,1,6,11H2,2-3H3. The molecule has 3 aromatic rings. The van der Waals surface area contributed by atoms with E-state index in [1.807, 2.05) is 54.6 Å². The molecule has 0 aliphatic rings. The van der Waals surface area contributed by atoms with E-state index in [1.165, 1.54) is 16.7 Å². The Morgan fingerprint density at radius 3 is 2.17 bits per heavy atom. The third kappa shape index (κ3) is 9.06. The third-order valence-electron chi connectivity index (χ3n) is 4.59. The number of nitrogens with two attached hydrogens (primary N) is 1. The van der Waals surface area contributed by atoms with Gasteiger partial charge in [-0.3, -0.25) is 9.79 Å². The first-order valence-electron chi connectivity index (χ1n) is 10.6. The molecule has 0 spiro atoms. The van der Waals surface area contributed by atoms with Crippen molar-refractivity contribution < 1.29 is 19.0 Å². The Labute approximate surface area is 229 Å².